The van der Waals surface area contributed by atoms with Crippen LogP contribution < -0.4 is 22.3 Å². The van der Waals surface area contributed by atoms with E-state index in [1.54, 1.807) is 13.8 Å². The Morgan fingerprint density at radius 3 is 2.92 bits per heavy atom. The second kappa shape index (κ2) is 8.90. The first-order valence-corrected chi connectivity index (χ1v) is 8.13. The summed E-state index contributed by atoms with van der Waals surface area (Å²) < 4.78 is 12.1. The van der Waals surface area contributed by atoms with Gasteiger partial charge in [0.05, 0.1) is 18.8 Å². The largest absolute Gasteiger partial charge is 0.462 e. The summed E-state index contributed by atoms with van der Waals surface area (Å²) in [4.78, 5) is 41.7. The lowest BCUT2D eigenvalue weighted by Gasteiger charge is -2.18. The number of aromatic nitrogens is 2. The van der Waals surface area contributed by atoms with Gasteiger partial charge in [-0.05, 0) is 20.3 Å². The minimum Gasteiger partial charge on any atom is -0.462 e. The SMILES string of the molecule is CC(C)OC(=O)CNNOCC1CC(C)C(n2ccc(=O)[nH]c2=O)O1. The molecule has 0 aromatic carbocycles. The first-order valence-electron chi connectivity index (χ1n) is 8.13. The van der Waals surface area contributed by atoms with Crippen LogP contribution >= 0.6 is 0 Å². The van der Waals surface area contributed by atoms with Gasteiger partial charge < -0.3 is 9.47 Å². The van der Waals surface area contributed by atoms with Crippen molar-refractivity contribution in [2.75, 3.05) is 13.2 Å². The molecule has 2 rings (SSSR count). The molecule has 140 valence electrons. The van der Waals surface area contributed by atoms with Crippen molar-refractivity contribution in [2.24, 2.45) is 5.92 Å². The summed E-state index contributed by atoms with van der Waals surface area (Å²) in [6.45, 7) is 5.69. The molecule has 3 N–H and O–H groups in total. The fourth-order valence-corrected chi connectivity index (χ4v) is 2.59. The molecule has 1 aliphatic rings. The van der Waals surface area contributed by atoms with Gasteiger partial charge in [-0.25, -0.2) is 10.2 Å². The van der Waals surface area contributed by atoms with E-state index in [-0.39, 0.29) is 31.3 Å². The summed E-state index contributed by atoms with van der Waals surface area (Å²) in [5, 5.41) is 0. The van der Waals surface area contributed by atoms with Gasteiger partial charge in [0.25, 0.3) is 5.56 Å². The lowest BCUT2D eigenvalue weighted by molar-refractivity contribution is -0.148. The van der Waals surface area contributed by atoms with Crippen molar-refractivity contribution in [3.63, 3.8) is 0 Å². The fraction of sp³-hybridized carbons (Fsp3) is 0.667. The van der Waals surface area contributed by atoms with Crippen molar-refractivity contribution in [3.8, 4) is 0 Å². The molecule has 25 heavy (non-hydrogen) atoms. The van der Waals surface area contributed by atoms with Crippen molar-refractivity contribution < 1.29 is 19.1 Å². The normalized spacial score (nSPS) is 23.1. The molecule has 10 heteroatoms. The second-order valence-corrected chi connectivity index (χ2v) is 6.18. The molecule has 2 heterocycles. The van der Waals surface area contributed by atoms with Crippen LogP contribution in [0.3, 0.4) is 0 Å². The average Bonchev–Trinajstić information content (AvgIpc) is 2.87. The van der Waals surface area contributed by atoms with Crippen molar-refractivity contribution in [1.29, 1.82) is 0 Å². The van der Waals surface area contributed by atoms with Crippen LogP contribution in [0, 0.1) is 5.92 Å². The third-order valence-corrected chi connectivity index (χ3v) is 3.59. The highest BCUT2D eigenvalue weighted by atomic mass is 16.7. The van der Waals surface area contributed by atoms with E-state index in [1.807, 2.05) is 6.92 Å². The molecule has 10 nitrogen and oxygen atoms in total. The molecule has 0 aliphatic carbocycles. The van der Waals surface area contributed by atoms with Gasteiger partial charge in [-0.3, -0.25) is 24.0 Å². The predicted molar refractivity (Wildman–Crippen MR) is 87.3 cm³/mol. The van der Waals surface area contributed by atoms with Gasteiger partial charge in [0, 0.05) is 18.2 Å². The summed E-state index contributed by atoms with van der Waals surface area (Å²) in [6.07, 6.45) is 1.25. The van der Waals surface area contributed by atoms with Crippen molar-refractivity contribution in [2.45, 2.75) is 45.6 Å². The highest BCUT2D eigenvalue weighted by molar-refractivity contribution is 5.71. The molecule has 1 aromatic rings. The Morgan fingerprint density at radius 2 is 2.24 bits per heavy atom. The van der Waals surface area contributed by atoms with E-state index >= 15 is 0 Å². The zero-order valence-electron chi connectivity index (χ0n) is 14.5. The predicted octanol–water partition coefficient (Wildman–Crippen LogP) is -0.562. The Hall–Kier alpha value is -2.01. The van der Waals surface area contributed by atoms with E-state index in [1.165, 1.54) is 16.8 Å². The minimum atomic E-state index is -0.505. The molecule has 0 bridgehead atoms. The number of hydrogen-bond acceptors (Lipinski definition) is 8. The summed E-state index contributed by atoms with van der Waals surface area (Å²) in [7, 11) is 0. The smallest absolute Gasteiger partial charge is 0.330 e. The van der Waals surface area contributed by atoms with Gasteiger partial charge in [0.1, 0.15) is 12.8 Å². The maximum Gasteiger partial charge on any atom is 0.330 e. The maximum atomic E-state index is 11.8. The number of aromatic amines is 1. The Balaban J connectivity index is 1.74. The number of rotatable bonds is 8. The number of nitrogens with one attached hydrogen (secondary N) is 3. The zero-order chi connectivity index (χ0) is 18.4. The van der Waals surface area contributed by atoms with Crippen molar-refractivity contribution in [3.05, 3.63) is 33.1 Å². The summed E-state index contributed by atoms with van der Waals surface area (Å²) in [5.74, 6) is -0.319. The van der Waals surface area contributed by atoms with Crippen LogP contribution in [-0.2, 0) is 19.1 Å². The number of hydrogen-bond donors (Lipinski definition) is 3. The van der Waals surface area contributed by atoms with E-state index in [0.717, 1.165) is 0 Å². The van der Waals surface area contributed by atoms with Gasteiger partial charge >= 0.3 is 11.7 Å². The van der Waals surface area contributed by atoms with Crippen molar-refractivity contribution >= 4 is 5.97 Å². The van der Waals surface area contributed by atoms with E-state index in [0.29, 0.717) is 6.42 Å². The Morgan fingerprint density at radius 1 is 1.48 bits per heavy atom. The molecule has 1 aliphatic heterocycles. The van der Waals surface area contributed by atoms with Crippen molar-refractivity contribution in [1.82, 2.24) is 20.6 Å². The topological polar surface area (TPSA) is 124 Å². The van der Waals surface area contributed by atoms with Crippen LogP contribution in [-0.4, -0.2) is 40.9 Å². The average molecular weight is 356 g/mol. The third kappa shape index (κ3) is 5.78. The quantitative estimate of drug-likeness (QED) is 0.322. The Kier molecular flexibility index (Phi) is 6.88. The molecule has 0 spiro atoms. The van der Waals surface area contributed by atoms with E-state index in [2.05, 4.69) is 16.0 Å². The van der Waals surface area contributed by atoms with Crippen LogP contribution in [0.2, 0.25) is 0 Å². The van der Waals surface area contributed by atoms with Crippen LogP contribution in [0.5, 0.6) is 0 Å². The molecule has 3 atom stereocenters. The first-order chi connectivity index (χ1) is 11.9. The van der Waals surface area contributed by atoms with E-state index in [4.69, 9.17) is 14.3 Å². The van der Waals surface area contributed by atoms with Gasteiger partial charge in [0.2, 0.25) is 0 Å². The molecule has 0 amide bonds. The van der Waals surface area contributed by atoms with Crippen LogP contribution in [0.25, 0.3) is 0 Å². The van der Waals surface area contributed by atoms with E-state index < -0.39 is 23.4 Å². The number of nitrogens with zero attached hydrogens (tertiary/aromatic N) is 1. The monoisotopic (exact) mass is 356 g/mol. The second-order valence-electron chi connectivity index (χ2n) is 6.18. The van der Waals surface area contributed by atoms with Gasteiger partial charge in [0.15, 0.2) is 0 Å². The highest BCUT2D eigenvalue weighted by Crippen LogP contribution is 2.32. The standard InChI is InChI=1S/C15H24N4O6/c1-9(2)24-13(21)7-16-18-23-8-11-6-10(3)14(25-11)19-5-4-12(20)17-15(19)22/h4-5,9-11,14,16,18H,6-8H2,1-3H3,(H,17,20,22). The Labute approximate surface area is 144 Å². The number of hydrazine groups is 1. The fourth-order valence-electron chi connectivity index (χ4n) is 2.59. The maximum absolute atomic E-state index is 11.8. The van der Waals surface area contributed by atoms with Crippen LogP contribution in [0.15, 0.2) is 21.9 Å². The molecular formula is C15H24N4O6. The number of carbonyl (C=O) groups excluding carboxylic acids is 1. The summed E-state index contributed by atoms with van der Waals surface area (Å²) in [5.41, 5.74) is 4.09. The highest BCUT2D eigenvalue weighted by Gasteiger charge is 2.34. The zero-order valence-corrected chi connectivity index (χ0v) is 14.5. The number of H-pyrrole nitrogens is 1. The van der Waals surface area contributed by atoms with Crippen LogP contribution in [0.4, 0.5) is 0 Å². The number of esters is 1. The van der Waals surface area contributed by atoms with Gasteiger partial charge in [-0.1, -0.05) is 6.92 Å². The Bertz CT molecular complexity index is 685. The molecule has 0 radical (unpaired) electrons. The first kappa shape index (κ1) is 19.3. The molecule has 1 saturated heterocycles. The molecular weight excluding hydrogens is 332 g/mol. The summed E-state index contributed by atoms with van der Waals surface area (Å²) >= 11 is 0. The van der Waals surface area contributed by atoms with Crippen LogP contribution in [0.1, 0.15) is 33.4 Å². The third-order valence-electron chi connectivity index (χ3n) is 3.59. The minimum absolute atomic E-state index is 0.0322. The number of carbonyl (C=O) groups is 1. The molecule has 1 aromatic heterocycles. The summed E-state index contributed by atoms with van der Waals surface area (Å²) in [6, 6.07) is 1.28. The number of ether oxygens (including phenoxy) is 2. The molecule has 1 fully saturated rings. The van der Waals surface area contributed by atoms with E-state index in [9.17, 15) is 14.4 Å². The lowest BCUT2D eigenvalue weighted by atomic mass is 10.1. The lowest BCUT2D eigenvalue weighted by Crippen LogP contribution is -2.39. The molecule has 0 saturated carbocycles. The molecule has 3 unspecified atom stereocenters. The van der Waals surface area contributed by atoms with Gasteiger partial charge in [-0.15, -0.1) is 5.59 Å². The van der Waals surface area contributed by atoms with Gasteiger partial charge in [-0.2, -0.15) is 0 Å².